The third-order valence-corrected chi connectivity index (χ3v) is 6.46. The van der Waals surface area contributed by atoms with E-state index >= 15 is 0 Å². The molecule has 0 spiro atoms. The van der Waals surface area contributed by atoms with Crippen molar-refractivity contribution in [2.24, 2.45) is 0 Å². The van der Waals surface area contributed by atoms with E-state index in [9.17, 15) is 18.0 Å². The Morgan fingerprint density at radius 1 is 1.11 bits per heavy atom. The first-order valence-electron chi connectivity index (χ1n) is 11.5. The fraction of sp³-hybridized carbons (Fsp3) is 0.375. The summed E-state index contributed by atoms with van der Waals surface area (Å²) < 4.78 is 44.5. The smallest absolute Gasteiger partial charge is 0.337 e. The second kappa shape index (κ2) is 9.01. The van der Waals surface area contributed by atoms with Crippen molar-refractivity contribution in [3.8, 4) is 11.4 Å². The molecule has 1 aliphatic rings. The van der Waals surface area contributed by atoms with Gasteiger partial charge in [-0.2, -0.15) is 23.3 Å². The van der Waals surface area contributed by atoms with Crippen LogP contribution in [0.4, 0.5) is 13.2 Å². The van der Waals surface area contributed by atoms with E-state index in [-0.39, 0.29) is 23.3 Å². The lowest BCUT2D eigenvalue weighted by molar-refractivity contribution is -0.137. The Morgan fingerprint density at radius 2 is 1.86 bits per heavy atom. The van der Waals surface area contributed by atoms with Gasteiger partial charge in [-0.1, -0.05) is 17.3 Å². The number of nitrogens with one attached hydrogen (secondary N) is 1. The Bertz CT molecular complexity index is 1420. The van der Waals surface area contributed by atoms with Gasteiger partial charge in [0.2, 0.25) is 11.7 Å². The van der Waals surface area contributed by atoms with Crippen LogP contribution in [0.15, 0.2) is 34.9 Å². The first kappa shape index (κ1) is 23.9. The Labute approximate surface area is 204 Å². The van der Waals surface area contributed by atoms with E-state index in [1.165, 1.54) is 12.1 Å². The molecule has 1 aromatic carbocycles. The molecule has 1 atom stereocenters. The molecule has 0 aliphatic carbocycles. The minimum atomic E-state index is -4.45. The number of fused-ring (bicyclic) bond motifs is 1. The molecule has 5 rings (SSSR count). The molecule has 36 heavy (non-hydrogen) atoms. The SMILES string of the molecule is Cc1cc(C(=O)N2CCN(C(C)c3nc(-c4cccc(C(F)(F)F)c4)no3)CC2)c2c(C)[nH]nc2n1. The zero-order valence-electron chi connectivity index (χ0n) is 19.9. The van der Waals surface area contributed by atoms with Crippen molar-refractivity contribution in [1.82, 2.24) is 35.1 Å². The summed E-state index contributed by atoms with van der Waals surface area (Å²) in [6, 6.07) is 6.36. The van der Waals surface area contributed by atoms with Gasteiger partial charge >= 0.3 is 6.18 Å². The van der Waals surface area contributed by atoms with E-state index in [2.05, 4.69) is 30.2 Å². The number of aromatic nitrogens is 5. The van der Waals surface area contributed by atoms with Crippen LogP contribution in [0.1, 0.15) is 46.2 Å². The molecule has 0 saturated carbocycles. The molecule has 0 radical (unpaired) electrons. The maximum Gasteiger partial charge on any atom is 0.416 e. The molecule has 3 aromatic heterocycles. The summed E-state index contributed by atoms with van der Waals surface area (Å²) >= 11 is 0. The molecular formula is C24H24F3N7O2. The van der Waals surface area contributed by atoms with Crippen LogP contribution in [-0.2, 0) is 6.18 Å². The fourth-order valence-corrected chi connectivity index (χ4v) is 4.46. The number of hydrogen-bond acceptors (Lipinski definition) is 7. The third kappa shape index (κ3) is 4.43. The topological polar surface area (TPSA) is 104 Å². The molecule has 1 fully saturated rings. The molecule has 1 unspecified atom stereocenters. The number of halogens is 3. The molecule has 1 aliphatic heterocycles. The molecule has 4 heterocycles. The maximum absolute atomic E-state index is 13.3. The number of piperazine rings is 1. The number of amides is 1. The van der Waals surface area contributed by atoms with Crippen molar-refractivity contribution in [2.45, 2.75) is 33.0 Å². The molecule has 0 bridgehead atoms. The van der Waals surface area contributed by atoms with E-state index in [0.717, 1.165) is 28.9 Å². The minimum Gasteiger partial charge on any atom is -0.337 e. The van der Waals surface area contributed by atoms with Gasteiger partial charge in [0.1, 0.15) is 0 Å². The zero-order valence-corrected chi connectivity index (χ0v) is 19.9. The predicted octanol–water partition coefficient (Wildman–Crippen LogP) is 4.16. The molecule has 188 valence electrons. The molecular weight excluding hydrogens is 475 g/mol. The largest absolute Gasteiger partial charge is 0.416 e. The second-order valence-electron chi connectivity index (χ2n) is 8.90. The third-order valence-electron chi connectivity index (χ3n) is 6.46. The molecule has 1 N–H and O–H groups in total. The van der Waals surface area contributed by atoms with Gasteiger partial charge in [-0.05, 0) is 39.0 Å². The average Bonchev–Trinajstić information content (AvgIpc) is 3.50. The summed E-state index contributed by atoms with van der Waals surface area (Å²) in [5.41, 5.74) is 2.08. The first-order chi connectivity index (χ1) is 17.1. The lowest BCUT2D eigenvalue weighted by Gasteiger charge is -2.36. The van der Waals surface area contributed by atoms with Crippen molar-refractivity contribution in [2.75, 3.05) is 26.2 Å². The van der Waals surface area contributed by atoms with Crippen LogP contribution in [0.25, 0.3) is 22.4 Å². The summed E-state index contributed by atoms with van der Waals surface area (Å²) in [7, 11) is 0. The Morgan fingerprint density at radius 3 is 2.58 bits per heavy atom. The molecule has 1 amide bonds. The normalized spacial score (nSPS) is 16.0. The summed E-state index contributed by atoms with van der Waals surface area (Å²) in [6.45, 7) is 7.73. The van der Waals surface area contributed by atoms with Crippen LogP contribution >= 0.6 is 0 Å². The van der Waals surface area contributed by atoms with Crippen molar-refractivity contribution >= 4 is 16.9 Å². The van der Waals surface area contributed by atoms with Crippen molar-refractivity contribution in [1.29, 1.82) is 0 Å². The number of carbonyl (C=O) groups excluding carboxylic acids is 1. The Hall–Kier alpha value is -3.80. The number of carbonyl (C=O) groups is 1. The number of benzene rings is 1. The monoisotopic (exact) mass is 499 g/mol. The van der Waals surface area contributed by atoms with Gasteiger partial charge in [-0.3, -0.25) is 14.8 Å². The maximum atomic E-state index is 13.3. The Balaban J connectivity index is 1.27. The van der Waals surface area contributed by atoms with E-state index in [1.54, 1.807) is 11.0 Å². The number of rotatable bonds is 4. The second-order valence-corrected chi connectivity index (χ2v) is 8.90. The van der Waals surface area contributed by atoms with Crippen LogP contribution < -0.4 is 0 Å². The summed E-state index contributed by atoms with van der Waals surface area (Å²) in [6.07, 6.45) is -4.45. The number of hydrogen-bond donors (Lipinski definition) is 1. The number of aromatic amines is 1. The van der Waals surface area contributed by atoms with E-state index in [4.69, 9.17) is 4.52 Å². The van der Waals surface area contributed by atoms with Crippen LogP contribution in [0.2, 0.25) is 0 Å². The highest BCUT2D eigenvalue weighted by Crippen LogP contribution is 2.32. The summed E-state index contributed by atoms with van der Waals surface area (Å²) in [5, 5.41) is 11.7. The van der Waals surface area contributed by atoms with Gasteiger partial charge in [0.15, 0.2) is 5.65 Å². The minimum absolute atomic E-state index is 0.0769. The highest BCUT2D eigenvalue weighted by atomic mass is 19.4. The lowest BCUT2D eigenvalue weighted by Crippen LogP contribution is -2.49. The quantitative estimate of drug-likeness (QED) is 0.450. The average molecular weight is 499 g/mol. The first-order valence-corrected chi connectivity index (χ1v) is 11.5. The number of H-pyrrole nitrogens is 1. The van der Waals surface area contributed by atoms with Gasteiger partial charge in [-0.25, -0.2) is 4.98 Å². The van der Waals surface area contributed by atoms with Crippen molar-refractivity contribution in [3.63, 3.8) is 0 Å². The van der Waals surface area contributed by atoms with Gasteiger partial charge in [-0.15, -0.1) is 0 Å². The molecule has 9 nitrogen and oxygen atoms in total. The summed E-state index contributed by atoms with van der Waals surface area (Å²) in [5.74, 6) is 0.332. The van der Waals surface area contributed by atoms with Crippen molar-refractivity contribution in [3.05, 3.63) is 58.7 Å². The van der Waals surface area contributed by atoms with Crippen molar-refractivity contribution < 1.29 is 22.5 Å². The van der Waals surface area contributed by atoms with Crippen LogP contribution in [0.3, 0.4) is 0 Å². The summed E-state index contributed by atoms with van der Waals surface area (Å²) in [4.78, 5) is 26.0. The predicted molar refractivity (Wildman–Crippen MR) is 124 cm³/mol. The standard InChI is InChI=1S/C24H24F3N7O2/c1-13-11-18(19-14(2)30-31-21(19)28-13)23(35)34-9-7-33(8-10-34)15(3)22-29-20(32-36-22)16-5-4-6-17(12-16)24(25,26)27/h4-6,11-12,15H,7-10H2,1-3H3,(H,28,30,31). The van der Waals surface area contributed by atoms with Gasteiger partial charge < -0.3 is 9.42 Å². The van der Waals surface area contributed by atoms with Crippen LogP contribution in [-0.4, -0.2) is 67.2 Å². The number of aryl methyl sites for hydroxylation is 2. The molecule has 1 saturated heterocycles. The van der Waals surface area contributed by atoms with Gasteiger partial charge in [0.25, 0.3) is 5.91 Å². The number of pyridine rings is 1. The molecule has 4 aromatic rings. The lowest BCUT2D eigenvalue weighted by atomic mass is 10.1. The Kier molecular flexibility index (Phi) is 5.99. The zero-order chi connectivity index (χ0) is 25.6. The highest BCUT2D eigenvalue weighted by Gasteiger charge is 2.32. The number of nitrogens with zero attached hydrogens (tertiary/aromatic N) is 6. The van der Waals surface area contributed by atoms with Crippen LogP contribution in [0.5, 0.6) is 0 Å². The van der Waals surface area contributed by atoms with E-state index in [0.29, 0.717) is 43.3 Å². The number of alkyl halides is 3. The van der Waals surface area contributed by atoms with E-state index < -0.39 is 11.7 Å². The highest BCUT2D eigenvalue weighted by molar-refractivity contribution is 6.06. The van der Waals surface area contributed by atoms with Gasteiger partial charge in [0, 0.05) is 43.1 Å². The van der Waals surface area contributed by atoms with E-state index in [1.807, 2.05) is 20.8 Å². The van der Waals surface area contributed by atoms with Crippen LogP contribution in [0, 0.1) is 13.8 Å². The van der Waals surface area contributed by atoms with Gasteiger partial charge in [0.05, 0.1) is 22.6 Å². The molecule has 12 heteroatoms. The fourth-order valence-electron chi connectivity index (χ4n) is 4.46.